The molecule has 0 aliphatic heterocycles. The molecule has 0 bridgehead atoms. The fourth-order valence-corrected chi connectivity index (χ4v) is 2.28. The molecule has 0 amide bonds. The highest BCUT2D eigenvalue weighted by molar-refractivity contribution is 8.00. The van der Waals surface area contributed by atoms with Crippen LogP contribution in [0.25, 0.3) is 0 Å². The molecule has 14 heavy (non-hydrogen) atoms. The van der Waals surface area contributed by atoms with Gasteiger partial charge in [-0.15, -0.1) is 0 Å². The second kappa shape index (κ2) is 8.00. The minimum absolute atomic E-state index is 0.132. The van der Waals surface area contributed by atoms with Crippen LogP contribution in [0.4, 0.5) is 0 Å². The smallest absolute Gasteiger partial charge is 0.139 e. The summed E-state index contributed by atoms with van der Waals surface area (Å²) in [5, 5.41) is 8.85. The predicted molar refractivity (Wildman–Crippen MR) is 58.5 cm³/mol. The second-order valence-corrected chi connectivity index (χ2v) is 4.70. The van der Waals surface area contributed by atoms with Gasteiger partial charge in [-0.1, -0.05) is 0 Å². The Balaban J connectivity index is 3.83. The molecule has 0 fully saturated rings. The first kappa shape index (κ1) is 13.7. The van der Waals surface area contributed by atoms with Crippen LogP contribution in [0.15, 0.2) is 0 Å². The number of carbonyl (C=O) groups excluding carboxylic acids is 2. The van der Waals surface area contributed by atoms with Crippen molar-refractivity contribution in [2.75, 3.05) is 12.4 Å². The molecule has 0 saturated heterocycles. The normalized spacial score (nSPS) is 12.5. The summed E-state index contributed by atoms with van der Waals surface area (Å²) in [5.41, 5.74) is 0. The van der Waals surface area contributed by atoms with Gasteiger partial charge in [-0.2, -0.15) is 11.8 Å². The van der Waals surface area contributed by atoms with E-state index in [-0.39, 0.29) is 23.4 Å². The van der Waals surface area contributed by atoms with Crippen molar-refractivity contribution < 1.29 is 14.7 Å². The number of aliphatic hydroxyl groups is 1. The summed E-state index contributed by atoms with van der Waals surface area (Å²) in [7, 11) is 0. The molecule has 0 aromatic rings. The standard InChI is InChI=1S/C10H18O3S/c1-8(12)6-10(4-3-5-11)14-7-9(2)13/h10-11H,3-7H2,1-2H3. The highest BCUT2D eigenvalue weighted by atomic mass is 32.2. The molecule has 0 radical (unpaired) electrons. The molecule has 1 atom stereocenters. The lowest BCUT2D eigenvalue weighted by Crippen LogP contribution is -2.11. The highest BCUT2D eigenvalue weighted by Crippen LogP contribution is 2.20. The fourth-order valence-electron chi connectivity index (χ4n) is 1.12. The van der Waals surface area contributed by atoms with Gasteiger partial charge >= 0.3 is 0 Å². The van der Waals surface area contributed by atoms with Crippen molar-refractivity contribution in [3.63, 3.8) is 0 Å². The van der Waals surface area contributed by atoms with E-state index in [1.165, 1.54) is 11.8 Å². The van der Waals surface area contributed by atoms with Crippen LogP contribution in [0.5, 0.6) is 0 Å². The van der Waals surface area contributed by atoms with E-state index in [2.05, 4.69) is 0 Å². The number of aliphatic hydroxyl groups excluding tert-OH is 1. The highest BCUT2D eigenvalue weighted by Gasteiger charge is 2.12. The van der Waals surface area contributed by atoms with Gasteiger partial charge < -0.3 is 5.11 Å². The Morgan fingerprint density at radius 3 is 2.36 bits per heavy atom. The molecule has 0 saturated carbocycles. The average molecular weight is 218 g/mol. The molecule has 0 heterocycles. The lowest BCUT2D eigenvalue weighted by molar-refractivity contribution is -0.117. The molecule has 4 heteroatoms. The zero-order chi connectivity index (χ0) is 11.0. The first-order chi connectivity index (χ1) is 6.56. The molecule has 1 N–H and O–H groups in total. The van der Waals surface area contributed by atoms with Gasteiger partial charge in [-0.3, -0.25) is 9.59 Å². The zero-order valence-electron chi connectivity index (χ0n) is 8.78. The largest absolute Gasteiger partial charge is 0.396 e. The van der Waals surface area contributed by atoms with Crippen LogP contribution in [-0.2, 0) is 9.59 Å². The van der Waals surface area contributed by atoms with Gasteiger partial charge in [0.05, 0.1) is 5.75 Å². The van der Waals surface area contributed by atoms with Crippen molar-refractivity contribution in [1.82, 2.24) is 0 Å². The van der Waals surface area contributed by atoms with Crippen molar-refractivity contribution in [3.05, 3.63) is 0 Å². The van der Waals surface area contributed by atoms with Crippen LogP contribution in [0.3, 0.4) is 0 Å². The number of ketones is 2. The van der Waals surface area contributed by atoms with Crippen LogP contribution in [0, 0.1) is 0 Å². The van der Waals surface area contributed by atoms with Crippen molar-refractivity contribution in [2.24, 2.45) is 0 Å². The minimum atomic E-state index is 0.132. The number of hydrogen-bond acceptors (Lipinski definition) is 4. The van der Waals surface area contributed by atoms with Gasteiger partial charge in [0, 0.05) is 18.3 Å². The van der Waals surface area contributed by atoms with Crippen molar-refractivity contribution in [1.29, 1.82) is 0 Å². The van der Waals surface area contributed by atoms with Crippen molar-refractivity contribution >= 4 is 23.3 Å². The predicted octanol–water partition coefficient (Wildman–Crippen LogP) is 1.43. The number of thioether (sulfide) groups is 1. The van der Waals surface area contributed by atoms with Gasteiger partial charge in [0.25, 0.3) is 0 Å². The zero-order valence-corrected chi connectivity index (χ0v) is 9.60. The van der Waals surface area contributed by atoms with Crippen LogP contribution >= 0.6 is 11.8 Å². The number of rotatable bonds is 8. The third-order valence-electron chi connectivity index (χ3n) is 1.72. The molecule has 0 aliphatic rings. The molecular weight excluding hydrogens is 200 g/mol. The van der Waals surface area contributed by atoms with E-state index in [4.69, 9.17) is 5.11 Å². The van der Waals surface area contributed by atoms with E-state index in [1.807, 2.05) is 0 Å². The Labute approximate surface area is 89.3 Å². The maximum atomic E-state index is 10.9. The third-order valence-corrected chi connectivity index (χ3v) is 3.17. The summed E-state index contributed by atoms with van der Waals surface area (Å²) in [6.07, 6.45) is 1.99. The molecule has 3 nitrogen and oxygen atoms in total. The Kier molecular flexibility index (Phi) is 7.80. The first-order valence-corrected chi connectivity index (χ1v) is 5.82. The SMILES string of the molecule is CC(=O)CSC(CCCO)CC(C)=O. The Morgan fingerprint density at radius 1 is 1.29 bits per heavy atom. The maximum absolute atomic E-state index is 10.9. The summed E-state index contributed by atoms with van der Waals surface area (Å²) in [4.78, 5) is 21.7. The lowest BCUT2D eigenvalue weighted by Gasteiger charge is -2.13. The lowest BCUT2D eigenvalue weighted by atomic mass is 10.1. The summed E-state index contributed by atoms with van der Waals surface area (Å²) in [6.45, 7) is 3.25. The van der Waals surface area contributed by atoms with E-state index in [1.54, 1.807) is 13.8 Å². The molecule has 0 rings (SSSR count). The average Bonchev–Trinajstić information content (AvgIpc) is 2.09. The molecule has 0 aromatic heterocycles. The quantitative estimate of drug-likeness (QED) is 0.669. The third kappa shape index (κ3) is 8.26. The molecule has 82 valence electrons. The molecular formula is C10H18O3S. The van der Waals surface area contributed by atoms with Crippen LogP contribution < -0.4 is 0 Å². The van der Waals surface area contributed by atoms with Crippen molar-refractivity contribution in [2.45, 2.75) is 38.4 Å². The fraction of sp³-hybridized carbons (Fsp3) is 0.800. The van der Waals surface area contributed by atoms with Gasteiger partial charge in [0.1, 0.15) is 11.6 Å². The van der Waals surface area contributed by atoms with Gasteiger partial charge in [-0.25, -0.2) is 0 Å². The molecule has 0 aliphatic carbocycles. The monoisotopic (exact) mass is 218 g/mol. The molecule has 1 unspecified atom stereocenters. The topological polar surface area (TPSA) is 54.4 Å². The van der Waals surface area contributed by atoms with E-state index >= 15 is 0 Å². The van der Waals surface area contributed by atoms with E-state index < -0.39 is 0 Å². The van der Waals surface area contributed by atoms with Gasteiger partial charge in [0.15, 0.2) is 0 Å². The Morgan fingerprint density at radius 2 is 1.93 bits per heavy atom. The molecule has 0 aromatic carbocycles. The summed E-state index contributed by atoms with van der Waals surface area (Å²) in [5.74, 6) is 0.736. The van der Waals surface area contributed by atoms with E-state index in [0.717, 1.165) is 6.42 Å². The first-order valence-electron chi connectivity index (χ1n) is 4.77. The summed E-state index contributed by atoms with van der Waals surface area (Å²) < 4.78 is 0. The van der Waals surface area contributed by atoms with Crippen LogP contribution in [0.2, 0.25) is 0 Å². The minimum Gasteiger partial charge on any atom is -0.396 e. The van der Waals surface area contributed by atoms with Gasteiger partial charge in [0.2, 0.25) is 0 Å². The van der Waals surface area contributed by atoms with E-state index in [9.17, 15) is 9.59 Å². The Hall–Kier alpha value is -0.350. The Bertz CT molecular complexity index is 192. The maximum Gasteiger partial charge on any atom is 0.139 e. The van der Waals surface area contributed by atoms with Crippen LogP contribution in [0.1, 0.15) is 33.1 Å². The summed E-state index contributed by atoms with van der Waals surface area (Å²) in [6, 6.07) is 0. The van der Waals surface area contributed by atoms with E-state index in [0.29, 0.717) is 18.6 Å². The van der Waals surface area contributed by atoms with Gasteiger partial charge in [-0.05, 0) is 26.7 Å². The molecule has 0 spiro atoms. The summed E-state index contributed by atoms with van der Waals surface area (Å²) >= 11 is 1.52. The second-order valence-electron chi connectivity index (χ2n) is 3.41. The number of hydrogen-bond donors (Lipinski definition) is 1. The number of carbonyl (C=O) groups is 2. The van der Waals surface area contributed by atoms with Crippen LogP contribution in [-0.4, -0.2) is 34.3 Å². The number of Topliss-reactive ketones (excluding diaryl/α,β-unsaturated/α-hetero) is 2. The van der Waals surface area contributed by atoms with Crippen molar-refractivity contribution in [3.8, 4) is 0 Å².